The van der Waals surface area contributed by atoms with Crippen molar-refractivity contribution >= 4 is 29.0 Å². The van der Waals surface area contributed by atoms with Crippen LogP contribution in [0.25, 0.3) is 16.4 Å². The standard InChI is InChI=1S/C18H17FN4OS2/c19-12-3-5-14(6-4-12)23-17(15-2-1-9-26-15)21-16(22-23)18(24)20-13-7-10-25-11-8-13/h1-6,9,13H,7-8,10-11H2,(H,20,24). The summed E-state index contributed by atoms with van der Waals surface area (Å²) in [5.74, 6) is 2.25. The van der Waals surface area contributed by atoms with Crippen molar-refractivity contribution in [1.82, 2.24) is 20.1 Å². The number of hydrogen-bond donors (Lipinski definition) is 1. The SMILES string of the molecule is O=C(NC1CCSCC1)c1nc(-c2cccs2)n(-c2ccc(F)cc2)n1. The quantitative estimate of drug-likeness (QED) is 0.739. The van der Waals surface area contributed by atoms with Crippen LogP contribution in [0.3, 0.4) is 0 Å². The third kappa shape index (κ3) is 3.66. The van der Waals surface area contributed by atoms with E-state index >= 15 is 0 Å². The highest BCUT2D eigenvalue weighted by molar-refractivity contribution is 7.99. The first kappa shape index (κ1) is 17.2. The first-order chi connectivity index (χ1) is 12.7. The second-order valence-corrected chi connectivity index (χ2v) is 8.16. The average Bonchev–Trinajstić information content (AvgIpc) is 3.33. The maximum absolute atomic E-state index is 13.3. The molecule has 3 aromatic rings. The van der Waals surface area contributed by atoms with Crippen molar-refractivity contribution in [2.75, 3.05) is 11.5 Å². The zero-order chi connectivity index (χ0) is 17.9. The lowest BCUT2D eigenvalue weighted by atomic mass is 10.1. The summed E-state index contributed by atoms with van der Waals surface area (Å²) in [6, 6.07) is 10.0. The van der Waals surface area contributed by atoms with Gasteiger partial charge in [0.15, 0.2) is 5.82 Å². The number of nitrogens with one attached hydrogen (secondary N) is 1. The third-order valence-electron chi connectivity index (χ3n) is 4.18. The van der Waals surface area contributed by atoms with Gasteiger partial charge in [-0.25, -0.2) is 14.1 Å². The normalized spacial score (nSPS) is 15.1. The molecule has 1 aliphatic heterocycles. The molecular formula is C18H17FN4OS2. The van der Waals surface area contributed by atoms with Crippen LogP contribution in [0, 0.1) is 5.82 Å². The molecule has 0 saturated carbocycles. The van der Waals surface area contributed by atoms with E-state index in [-0.39, 0.29) is 23.6 Å². The Morgan fingerprint density at radius 3 is 2.65 bits per heavy atom. The first-order valence-electron chi connectivity index (χ1n) is 8.36. The molecule has 0 unspecified atom stereocenters. The number of benzene rings is 1. The Morgan fingerprint density at radius 2 is 1.96 bits per heavy atom. The molecule has 3 heterocycles. The van der Waals surface area contributed by atoms with E-state index in [4.69, 9.17) is 0 Å². The van der Waals surface area contributed by atoms with Gasteiger partial charge in [-0.05, 0) is 60.1 Å². The molecule has 1 saturated heterocycles. The van der Waals surface area contributed by atoms with Gasteiger partial charge in [0.25, 0.3) is 5.91 Å². The summed E-state index contributed by atoms with van der Waals surface area (Å²) in [6.07, 6.45) is 1.93. The fourth-order valence-electron chi connectivity index (χ4n) is 2.83. The van der Waals surface area contributed by atoms with Gasteiger partial charge in [-0.3, -0.25) is 4.79 Å². The highest BCUT2D eigenvalue weighted by atomic mass is 32.2. The summed E-state index contributed by atoms with van der Waals surface area (Å²) >= 11 is 3.43. The van der Waals surface area contributed by atoms with Crippen LogP contribution < -0.4 is 5.32 Å². The molecule has 8 heteroatoms. The molecular weight excluding hydrogens is 371 g/mol. The number of thioether (sulfide) groups is 1. The van der Waals surface area contributed by atoms with Gasteiger partial charge in [0.05, 0.1) is 10.6 Å². The van der Waals surface area contributed by atoms with E-state index in [1.54, 1.807) is 16.8 Å². The Balaban J connectivity index is 1.66. The number of amides is 1. The van der Waals surface area contributed by atoms with Crippen LogP contribution in [0.4, 0.5) is 4.39 Å². The first-order valence-corrected chi connectivity index (χ1v) is 10.4. The number of carbonyl (C=O) groups is 1. The van der Waals surface area contributed by atoms with Crippen LogP contribution in [0.5, 0.6) is 0 Å². The fourth-order valence-corrected chi connectivity index (χ4v) is 4.63. The van der Waals surface area contributed by atoms with E-state index in [1.807, 2.05) is 29.3 Å². The number of carbonyl (C=O) groups excluding carboxylic acids is 1. The maximum atomic E-state index is 13.3. The van der Waals surface area contributed by atoms with Crippen molar-refractivity contribution in [3.63, 3.8) is 0 Å². The highest BCUT2D eigenvalue weighted by Gasteiger charge is 2.22. The molecule has 0 aliphatic carbocycles. The van der Waals surface area contributed by atoms with E-state index in [2.05, 4.69) is 15.4 Å². The average molecular weight is 388 g/mol. The number of nitrogens with zero attached hydrogens (tertiary/aromatic N) is 3. The topological polar surface area (TPSA) is 59.8 Å². The number of thiophene rings is 1. The van der Waals surface area contributed by atoms with Crippen LogP contribution >= 0.6 is 23.1 Å². The van der Waals surface area contributed by atoms with Crippen LogP contribution in [-0.4, -0.2) is 38.2 Å². The lowest BCUT2D eigenvalue weighted by Gasteiger charge is -2.21. The third-order valence-corrected chi connectivity index (χ3v) is 6.09. The number of rotatable bonds is 4. The molecule has 1 aliphatic rings. The Morgan fingerprint density at radius 1 is 1.19 bits per heavy atom. The molecule has 134 valence electrons. The minimum absolute atomic E-state index is 0.135. The van der Waals surface area contributed by atoms with Gasteiger partial charge in [0, 0.05) is 6.04 Å². The molecule has 0 spiro atoms. The van der Waals surface area contributed by atoms with E-state index in [9.17, 15) is 9.18 Å². The van der Waals surface area contributed by atoms with Crippen molar-refractivity contribution < 1.29 is 9.18 Å². The van der Waals surface area contributed by atoms with Crippen molar-refractivity contribution in [3.05, 3.63) is 53.4 Å². The zero-order valence-corrected chi connectivity index (χ0v) is 15.5. The molecule has 1 aromatic carbocycles. The second kappa shape index (κ2) is 7.59. The Hall–Kier alpha value is -2.19. The predicted octanol–water partition coefficient (Wildman–Crippen LogP) is 3.76. The number of hydrogen-bond acceptors (Lipinski definition) is 5. The molecule has 0 atom stereocenters. The summed E-state index contributed by atoms with van der Waals surface area (Å²) in [7, 11) is 0. The largest absolute Gasteiger partial charge is 0.346 e. The van der Waals surface area contributed by atoms with Crippen LogP contribution in [0.1, 0.15) is 23.5 Å². The molecule has 1 fully saturated rings. The lowest BCUT2D eigenvalue weighted by molar-refractivity contribution is 0.0924. The predicted molar refractivity (Wildman–Crippen MR) is 102 cm³/mol. The van der Waals surface area contributed by atoms with E-state index in [0.29, 0.717) is 11.5 Å². The molecule has 4 rings (SSSR count). The molecule has 5 nitrogen and oxygen atoms in total. The highest BCUT2D eigenvalue weighted by Crippen LogP contribution is 2.26. The van der Waals surface area contributed by atoms with E-state index in [0.717, 1.165) is 29.2 Å². The van der Waals surface area contributed by atoms with E-state index in [1.165, 1.54) is 23.5 Å². The van der Waals surface area contributed by atoms with Crippen LogP contribution in [0.15, 0.2) is 41.8 Å². The second-order valence-electron chi connectivity index (χ2n) is 5.98. The summed E-state index contributed by atoms with van der Waals surface area (Å²) < 4.78 is 14.9. The van der Waals surface area contributed by atoms with Gasteiger partial charge in [0.2, 0.25) is 5.82 Å². The van der Waals surface area contributed by atoms with Gasteiger partial charge >= 0.3 is 0 Å². The molecule has 0 bridgehead atoms. The van der Waals surface area contributed by atoms with Gasteiger partial charge in [0.1, 0.15) is 5.82 Å². The minimum Gasteiger partial charge on any atom is -0.346 e. The smallest absolute Gasteiger partial charge is 0.291 e. The Bertz CT molecular complexity index is 887. The van der Waals surface area contributed by atoms with E-state index < -0.39 is 0 Å². The van der Waals surface area contributed by atoms with Gasteiger partial charge in [-0.15, -0.1) is 16.4 Å². The van der Waals surface area contributed by atoms with Crippen molar-refractivity contribution in [1.29, 1.82) is 0 Å². The number of aromatic nitrogens is 3. The number of halogens is 1. The van der Waals surface area contributed by atoms with Gasteiger partial charge in [-0.2, -0.15) is 11.8 Å². The monoisotopic (exact) mass is 388 g/mol. The summed E-state index contributed by atoms with van der Waals surface area (Å²) in [5, 5.41) is 9.38. The molecule has 26 heavy (non-hydrogen) atoms. The zero-order valence-electron chi connectivity index (χ0n) is 13.9. The maximum Gasteiger partial charge on any atom is 0.291 e. The summed E-state index contributed by atoms with van der Waals surface area (Å²) in [4.78, 5) is 18.0. The minimum atomic E-state index is -0.320. The van der Waals surface area contributed by atoms with Gasteiger partial charge < -0.3 is 5.32 Å². The Labute approximate surface area is 158 Å². The van der Waals surface area contributed by atoms with Crippen molar-refractivity contribution in [3.8, 4) is 16.4 Å². The molecule has 1 amide bonds. The Kier molecular flexibility index (Phi) is 5.03. The molecule has 2 aromatic heterocycles. The lowest BCUT2D eigenvalue weighted by Crippen LogP contribution is -2.37. The van der Waals surface area contributed by atoms with Crippen molar-refractivity contribution in [2.45, 2.75) is 18.9 Å². The van der Waals surface area contributed by atoms with Crippen LogP contribution in [-0.2, 0) is 0 Å². The van der Waals surface area contributed by atoms with Crippen LogP contribution in [0.2, 0.25) is 0 Å². The van der Waals surface area contributed by atoms with Gasteiger partial charge in [-0.1, -0.05) is 6.07 Å². The molecule has 0 radical (unpaired) electrons. The molecule has 1 N–H and O–H groups in total. The summed E-state index contributed by atoms with van der Waals surface area (Å²) in [5.41, 5.74) is 0.662. The fraction of sp³-hybridized carbons (Fsp3) is 0.278. The van der Waals surface area contributed by atoms with Crippen molar-refractivity contribution in [2.24, 2.45) is 0 Å². The summed E-state index contributed by atoms with van der Waals surface area (Å²) in [6.45, 7) is 0.